The molecule has 2 aromatic carbocycles. The third-order valence-electron chi connectivity index (χ3n) is 3.36. The highest BCUT2D eigenvalue weighted by atomic mass is 35.5. The first-order chi connectivity index (χ1) is 13.1. The first-order valence-electron chi connectivity index (χ1n) is 7.89. The summed E-state index contributed by atoms with van der Waals surface area (Å²) in [5.41, 5.74) is 2.52. The molecular weight excluding hydrogens is 429 g/mol. The van der Waals surface area contributed by atoms with Gasteiger partial charge in [-0.15, -0.1) is 4.83 Å². The number of ether oxygens (including phenoxy) is 1. The smallest absolute Gasteiger partial charge is 0.275 e. The van der Waals surface area contributed by atoms with Crippen molar-refractivity contribution in [2.24, 2.45) is 0 Å². The first-order valence-corrected chi connectivity index (χ1v) is 10.1. The van der Waals surface area contributed by atoms with Crippen molar-refractivity contribution in [2.75, 3.05) is 5.32 Å². The van der Waals surface area contributed by atoms with E-state index in [-0.39, 0.29) is 21.6 Å². The molecule has 0 aliphatic heterocycles. The van der Waals surface area contributed by atoms with E-state index in [1.165, 1.54) is 50.2 Å². The number of halogens is 2. The van der Waals surface area contributed by atoms with Crippen LogP contribution in [0.2, 0.25) is 10.0 Å². The van der Waals surface area contributed by atoms with Gasteiger partial charge in [-0.2, -0.15) is 0 Å². The summed E-state index contributed by atoms with van der Waals surface area (Å²) >= 11 is 11.8. The summed E-state index contributed by atoms with van der Waals surface area (Å²) < 4.78 is 29.9. The number of benzene rings is 2. The van der Waals surface area contributed by atoms with Crippen molar-refractivity contribution in [1.82, 2.24) is 10.3 Å². The van der Waals surface area contributed by atoms with Crippen molar-refractivity contribution in [1.29, 1.82) is 0 Å². The highest BCUT2D eigenvalue weighted by molar-refractivity contribution is 7.89. The van der Waals surface area contributed by atoms with E-state index in [1.54, 1.807) is 6.07 Å². The maximum absolute atomic E-state index is 12.3. The van der Waals surface area contributed by atoms with Crippen molar-refractivity contribution in [3.63, 3.8) is 0 Å². The summed E-state index contributed by atoms with van der Waals surface area (Å²) in [7, 11) is -4.01. The highest BCUT2D eigenvalue weighted by Gasteiger charge is 2.20. The zero-order chi connectivity index (χ0) is 20.9. The summed E-state index contributed by atoms with van der Waals surface area (Å²) in [6.07, 6.45) is -1.04. The second-order valence-electron chi connectivity index (χ2n) is 5.64. The zero-order valence-electron chi connectivity index (χ0n) is 14.8. The molecule has 2 amide bonds. The van der Waals surface area contributed by atoms with Crippen LogP contribution in [0.3, 0.4) is 0 Å². The Morgan fingerprint density at radius 2 is 1.71 bits per heavy atom. The normalized spacial score (nSPS) is 12.1. The number of carbonyl (C=O) groups excluding carboxylic acids is 2. The molecule has 0 saturated heterocycles. The van der Waals surface area contributed by atoms with Crippen LogP contribution in [-0.2, 0) is 19.6 Å². The van der Waals surface area contributed by atoms with E-state index in [2.05, 4.69) is 10.7 Å². The molecule has 150 valence electrons. The molecule has 1 atom stereocenters. The van der Waals surface area contributed by atoms with Gasteiger partial charge in [0.05, 0.1) is 9.92 Å². The van der Waals surface area contributed by atoms with Gasteiger partial charge < -0.3 is 10.1 Å². The number of rotatable bonds is 7. The van der Waals surface area contributed by atoms with Crippen molar-refractivity contribution in [3.05, 3.63) is 52.5 Å². The predicted molar refractivity (Wildman–Crippen MR) is 106 cm³/mol. The number of amides is 2. The largest absolute Gasteiger partial charge is 0.479 e. The summed E-state index contributed by atoms with van der Waals surface area (Å²) in [5, 5.41) is 3.14. The van der Waals surface area contributed by atoms with Crippen LogP contribution in [0.5, 0.6) is 5.75 Å². The predicted octanol–water partition coefficient (Wildman–Crippen LogP) is 2.73. The Morgan fingerprint density at radius 1 is 1.07 bits per heavy atom. The summed E-state index contributed by atoms with van der Waals surface area (Å²) in [6.45, 7) is 2.76. The SMILES string of the molecule is CC(=O)Nc1ccc(S(=O)(=O)NNC(=O)[C@H](C)Oc2ccc(Cl)cc2Cl)cc1. The molecule has 28 heavy (non-hydrogen) atoms. The number of carbonyl (C=O) groups is 2. The van der Waals surface area contributed by atoms with Gasteiger partial charge in [0, 0.05) is 17.6 Å². The maximum atomic E-state index is 12.3. The molecule has 8 nitrogen and oxygen atoms in total. The summed E-state index contributed by atoms with van der Waals surface area (Å²) in [4.78, 5) is 25.0. The number of hydrogen-bond acceptors (Lipinski definition) is 5. The molecular formula is C17H17Cl2N3O5S. The minimum absolute atomic E-state index is 0.101. The monoisotopic (exact) mass is 445 g/mol. The first kappa shape index (κ1) is 22.0. The number of sulfonamides is 1. The topological polar surface area (TPSA) is 114 Å². The molecule has 0 heterocycles. The lowest BCUT2D eigenvalue weighted by molar-refractivity contribution is -0.127. The second-order valence-corrected chi connectivity index (χ2v) is 8.16. The van der Waals surface area contributed by atoms with E-state index in [1.807, 2.05) is 4.83 Å². The molecule has 0 spiro atoms. The van der Waals surface area contributed by atoms with Crippen molar-refractivity contribution in [3.8, 4) is 5.75 Å². The molecule has 2 aromatic rings. The molecule has 11 heteroatoms. The van der Waals surface area contributed by atoms with Gasteiger partial charge in [-0.1, -0.05) is 23.2 Å². The molecule has 0 aromatic heterocycles. The molecule has 0 aliphatic rings. The van der Waals surface area contributed by atoms with Crippen LogP contribution in [0.15, 0.2) is 47.4 Å². The Kier molecular flexibility index (Phi) is 7.25. The molecule has 0 radical (unpaired) electrons. The van der Waals surface area contributed by atoms with Crippen LogP contribution in [0.4, 0.5) is 5.69 Å². The van der Waals surface area contributed by atoms with Gasteiger partial charge in [0.15, 0.2) is 6.10 Å². The average Bonchev–Trinajstić information content (AvgIpc) is 2.62. The lowest BCUT2D eigenvalue weighted by Crippen LogP contribution is -2.47. The molecule has 2 rings (SSSR count). The fourth-order valence-corrected chi connectivity index (χ4v) is 3.31. The van der Waals surface area contributed by atoms with E-state index >= 15 is 0 Å². The van der Waals surface area contributed by atoms with Crippen LogP contribution in [0, 0.1) is 0 Å². The number of nitrogens with one attached hydrogen (secondary N) is 3. The average molecular weight is 446 g/mol. The van der Waals surface area contributed by atoms with E-state index in [9.17, 15) is 18.0 Å². The number of anilines is 1. The Labute approximate surface area is 172 Å². The summed E-state index contributed by atoms with van der Waals surface area (Å²) in [5.74, 6) is -0.787. The zero-order valence-corrected chi connectivity index (χ0v) is 17.2. The van der Waals surface area contributed by atoms with E-state index in [4.69, 9.17) is 27.9 Å². The van der Waals surface area contributed by atoms with E-state index in [0.29, 0.717) is 10.7 Å². The molecule has 0 aliphatic carbocycles. The van der Waals surface area contributed by atoms with Crippen LogP contribution in [0.1, 0.15) is 13.8 Å². The number of hydrazine groups is 1. The molecule has 0 bridgehead atoms. The van der Waals surface area contributed by atoms with Crippen molar-refractivity contribution in [2.45, 2.75) is 24.8 Å². The molecule has 0 fully saturated rings. The Hall–Kier alpha value is -2.33. The quantitative estimate of drug-likeness (QED) is 0.566. The molecule has 3 N–H and O–H groups in total. The molecule has 0 unspecified atom stereocenters. The maximum Gasteiger partial charge on any atom is 0.275 e. The second kappa shape index (κ2) is 9.24. The van der Waals surface area contributed by atoms with Gasteiger partial charge in [0.1, 0.15) is 5.75 Å². The number of hydrogen-bond donors (Lipinski definition) is 3. The van der Waals surface area contributed by atoms with Crippen LogP contribution in [-0.4, -0.2) is 26.3 Å². The van der Waals surface area contributed by atoms with E-state index in [0.717, 1.165) is 0 Å². The lowest BCUT2D eigenvalue weighted by Gasteiger charge is -2.16. The minimum Gasteiger partial charge on any atom is -0.479 e. The Balaban J connectivity index is 1.97. The van der Waals surface area contributed by atoms with Gasteiger partial charge in [0.2, 0.25) is 5.91 Å². The minimum atomic E-state index is -4.01. The van der Waals surface area contributed by atoms with Crippen LogP contribution in [0.25, 0.3) is 0 Å². The van der Waals surface area contributed by atoms with Crippen LogP contribution < -0.4 is 20.3 Å². The Morgan fingerprint density at radius 3 is 2.29 bits per heavy atom. The fraction of sp³-hybridized carbons (Fsp3) is 0.176. The van der Waals surface area contributed by atoms with Crippen LogP contribution >= 0.6 is 23.2 Å². The van der Waals surface area contributed by atoms with Crippen molar-refractivity contribution >= 4 is 50.7 Å². The fourth-order valence-electron chi connectivity index (χ4n) is 2.01. The molecule has 0 saturated carbocycles. The van der Waals surface area contributed by atoms with Gasteiger partial charge in [0.25, 0.3) is 15.9 Å². The summed E-state index contributed by atoms with van der Waals surface area (Å²) in [6, 6.07) is 9.91. The van der Waals surface area contributed by atoms with Gasteiger partial charge in [-0.05, 0) is 49.4 Å². The third kappa shape index (κ3) is 6.10. The standard InChI is InChI=1S/C17H17Cl2N3O5S/c1-10(27-16-8-3-12(18)9-15(16)19)17(24)21-22-28(25,26)14-6-4-13(5-7-14)20-11(2)23/h3-10,22H,1-2H3,(H,20,23)(H,21,24)/t10-/m0/s1. The van der Waals surface area contributed by atoms with Gasteiger partial charge in [-0.25, -0.2) is 8.42 Å². The lowest BCUT2D eigenvalue weighted by atomic mass is 10.3. The van der Waals surface area contributed by atoms with Gasteiger partial charge >= 0.3 is 0 Å². The van der Waals surface area contributed by atoms with Gasteiger partial charge in [-0.3, -0.25) is 15.0 Å². The van der Waals surface area contributed by atoms with Crippen molar-refractivity contribution < 1.29 is 22.7 Å². The Bertz CT molecular complexity index is 981. The third-order valence-corrected chi connectivity index (χ3v) is 5.15. The highest BCUT2D eigenvalue weighted by Crippen LogP contribution is 2.28. The van der Waals surface area contributed by atoms with E-state index < -0.39 is 22.0 Å².